The summed E-state index contributed by atoms with van der Waals surface area (Å²) in [4.78, 5) is 21.6. The van der Waals surface area contributed by atoms with Crippen LogP contribution in [0.15, 0.2) is 0 Å². The molecule has 10 heavy (non-hydrogen) atoms. The van der Waals surface area contributed by atoms with E-state index in [0.717, 1.165) is 0 Å². The van der Waals surface area contributed by atoms with Gasteiger partial charge in [0.25, 0.3) is 0 Å². The molecular formula is H8Na3O6P. The second-order valence-corrected chi connectivity index (χ2v) is 1.54. The van der Waals surface area contributed by atoms with Crippen LogP contribution in [0.5, 0.6) is 0 Å². The van der Waals surface area contributed by atoms with Gasteiger partial charge in [0.2, 0.25) is 0 Å². The average molecular weight is 204 g/mol. The maximum absolute atomic E-state index is 8.88. The van der Waals surface area contributed by atoms with Gasteiger partial charge in [-0.25, -0.2) is 4.57 Å². The molecule has 6 nitrogen and oxygen atoms in total. The molecule has 0 bridgehead atoms. The van der Waals surface area contributed by atoms with E-state index in [1.807, 2.05) is 0 Å². The number of phosphoric acid groups is 1. The molecule has 0 atom stereocenters. The van der Waals surface area contributed by atoms with Gasteiger partial charge < -0.3 is 14.7 Å². The molecule has 0 spiro atoms. The second-order valence-electron chi connectivity index (χ2n) is 0.513. The zero-order valence-corrected chi connectivity index (χ0v) is 3.99. The summed E-state index contributed by atoms with van der Waals surface area (Å²) in [6.45, 7) is 0. The molecule has 5 N–H and O–H groups in total. The van der Waals surface area contributed by atoms with Crippen molar-refractivity contribution in [2.75, 3.05) is 0 Å². The molecule has 0 aromatic rings. The van der Waals surface area contributed by atoms with E-state index < -0.39 is 7.82 Å². The van der Waals surface area contributed by atoms with Crippen LogP contribution in [-0.2, 0) is 4.57 Å². The number of hydrogen-bond acceptors (Lipinski definition) is 3. The van der Waals surface area contributed by atoms with Gasteiger partial charge in [0.05, 0.1) is 0 Å². The van der Waals surface area contributed by atoms with Crippen LogP contribution in [0.1, 0.15) is 0 Å². The Kier molecular flexibility index (Phi) is 52.5. The zero-order valence-electron chi connectivity index (χ0n) is 3.09. The first-order valence-electron chi connectivity index (χ1n) is 0.983. The van der Waals surface area contributed by atoms with Crippen LogP contribution >= 0.6 is 7.82 Å². The van der Waals surface area contributed by atoms with Crippen molar-refractivity contribution in [2.45, 2.75) is 0 Å². The summed E-state index contributed by atoms with van der Waals surface area (Å²) in [5, 5.41) is 12.0. The van der Waals surface area contributed by atoms with Crippen molar-refractivity contribution in [2.24, 2.45) is 0 Å². The third-order valence-electron chi connectivity index (χ3n) is 0. The van der Waals surface area contributed by atoms with E-state index in [0.29, 0.717) is 0 Å². The van der Waals surface area contributed by atoms with E-state index in [-0.39, 0.29) is 88.7 Å². The van der Waals surface area contributed by atoms with E-state index in [1.54, 1.807) is 0 Å². The number of hydrogen-bond donors (Lipinski definition) is 5. The van der Waals surface area contributed by atoms with Gasteiger partial charge in [-0.3, -0.25) is 10.5 Å². The van der Waals surface area contributed by atoms with E-state index in [1.165, 1.54) is 0 Å². The van der Waals surface area contributed by atoms with Gasteiger partial charge in [-0.2, -0.15) is 0 Å². The van der Waals surface area contributed by atoms with Gasteiger partial charge in [-0.1, -0.05) is 0 Å². The Balaban J connectivity index is -0.0000000154. The summed E-state index contributed by atoms with van der Waals surface area (Å²) in [5.74, 6) is 0. The third kappa shape index (κ3) is 121. The van der Waals surface area contributed by atoms with Crippen LogP contribution in [0.4, 0.5) is 0 Å². The van der Waals surface area contributed by atoms with E-state index in [9.17, 15) is 0 Å². The predicted octanol–water partition coefficient (Wildman–Crippen LogP) is -2.86. The molecule has 0 radical (unpaired) electrons. The topological polar surface area (TPSA) is 118 Å². The quantitative estimate of drug-likeness (QED) is 0.125. The van der Waals surface area contributed by atoms with Crippen molar-refractivity contribution in [1.82, 2.24) is 0 Å². The molecule has 0 aromatic carbocycles. The van der Waals surface area contributed by atoms with Crippen molar-refractivity contribution in [3.63, 3.8) is 0 Å². The first-order valence-corrected chi connectivity index (χ1v) is 2.55. The monoisotopic (exact) mass is 204 g/mol. The fourth-order valence-corrected chi connectivity index (χ4v) is 0. The van der Waals surface area contributed by atoms with Gasteiger partial charge >= 0.3 is 96.5 Å². The molecule has 0 rings (SSSR count). The predicted molar refractivity (Wildman–Crippen MR) is 41.0 cm³/mol. The van der Waals surface area contributed by atoms with Crippen LogP contribution in [0.3, 0.4) is 0 Å². The fraction of sp³-hybridized carbons (Fsp3) is 0. The molecule has 0 saturated heterocycles. The number of rotatable bonds is 0. The first kappa shape index (κ1) is 29.2. The van der Waals surface area contributed by atoms with Gasteiger partial charge in [0.1, 0.15) is 0 Å². The Hall–Kier alpha value is 3.03. The van der Waals surface area contributed by atoms with Gasteiger partial charge in [-0.05, 0) is 0 Å². The minimum atomic E-state index is -4.64. The minimum absolute atomic E-state index is 0. The van der Waals surface area contributed by atoms with Crippen LogP contribution in [0, 0.1) is 0 Å². The normalized spacial score (nSPS) is 6.50. The van der Waals surface area contributed by atoms with Crippen molar-refractivity contribution in [1.29, 1.82) is 0 Å². The van der Waals surface area contributed by atoms with Gasteiger partial charge in [0.15, 0.2) is 0 Å². The Morgan fingerprint density at radius 1 is 0.800 bits per heavy atom. The van der Waals surface area contributed by atoms with Crippen LogP contribution in [0.25, 0.3) is 0 Å². The molecule has 0 aliphatic heterocycles. The molecule has 0 aliphatic rings. The van der Waals surface area contributed by atoms with Crippen molar-refractivity contribution in [3.05, 3.63) is 0 Å². The summed E-state index contributed by atoms with van der Waals surface area (Å²) in [5.41, 5.74) is 0. The Bertz CT molecular complexity index is 59.1. The second kappa shape index (κ2) is 17.9. The molecule has 52 valence electrons. The molecule has 0 aliphatic carbocycles. The molecule has 0 saturated carbocycles. The SMILES string of the molecule is O=P(O)(O)O.OO.[NaH].[NaH].[NaH]. The molecule has 0 fully saturated rings. The molecule has 0 heterocycles. The Morgan fingerprint density at radius 3 is 0.800 bits per heavy atom. The Labute approximate surface area is 124 Å². The maximum atomic E-state index is 8.88. The van der Waals surface area contributed by atoms with Crippen molar-refractivity contribution in [3.8, 4) is 0 Å². The molecular weight excluding hydrogens is 196 g/mol. The van der Waals surface area contributed by atoms with Gasteiger partial charge in [0, 0.05) is 0 Å². The summed E-state index contributed by atoms with van der Waals surface area (Å²) >= 11 is 0. The van der Waals surface area contributed by atoms with Crippen molar-refractivity contribution >= 4 is 96.5 Å². The van der Waals surface area contributed by atoms with Crippen LogP contribution < -0.4 is 0 Å². The van der Waals surface area contributed by atoms with Gasteiger partial charge in [-0.15, -0.1) is 0 Å². The third-order valence-corrected chi connectivity index (χ3v) is 0. The summed E-state index contributed by atoms with van der Waals surface area (Å²) in [6.07, 6.45) is 0. The van der Waals surface area contributed by atoms with E-state index in [4.69, 9.17) is 29.8 Å². The average Bonchev–Trinajstić information content (AvgIpc) is 1.36. The first-order chi connectivity index (χ1) is 3.00. The molecule has 0 aromatic heterocycles. The summed E-state index contributed by atoms with van der Waals surface area (Å²) < 4.78 is 8.88. The standard InChI is InChI=1S/3Na.H3O4P.H2O2.3H/c;;;1-5(2,3)4;1-2;;;/h;;;(H3,1,2,3,4);1-2H;;;. The fourth-order valence-electron chi connectivity index (χ4n) is 0. The van der Waals surface area contributed by atoms with Crippen molar-refractivity contribution < 1.29 is 29.8 Å². The van der Waals surface area contributed by atoms with Crippen LogP contribution in [0.2, 0.25) is 0 Å². The van der Waals surface area contributed by atoms with E-state index in [2.05, 4.69) is 0 Å². The summed E-state index contributed by atoms with van der Waals surface area (Å²) in [6, 6.07) is 0. The molecule has 0 unspecified atom stereocenters. The van der Waals surface area contributed by atoms with Crippen LogP contribution in [-0.4, -0.2) is 114 Å². The summed E-state index contributed by atoms with van der Waals surface area (Å²) in [7, 11) is -4.64. The Morgan fingerprint density at radius 2 is 0.800 bits per heavy atom. The van der Waals surface area contributed by atoms with E-state index >= 15 is 0 Å². The zero-order chi connectivity index (χ0) is 6.50. The molecule has 10 heteroatoms. The molecule has 0 amide bonds.